The molecule has 3 saturated heterocycles. The summed E-state index contributed by atoms with van der Waals surface area (Å²) in [5.41, 5.74) is 5.76. The van der Waals surface area contributed by atoms with Crippen molar-refractivity contribution >= 4 is 10.0 Å². The summed E-state index contributed by atoms with van der Waals surface area (Å²) in [5, 5.41) is 9.65. The lowest BCUT2D eigenvalue weighted by Crippen LogP contribution is -2.48. The molecule has 3 aliphatic heterocycles. The van der Waals surface area contributed by atoms with Gasteiger partial charge in [0, 0.05) is 37.2 Å². The number of nitrogens with zero attached hydrogens (tertiary/aromatic N) is 2. The molecule has 264 valence electrons. The van der Waals surface area contributed by atoms with E-state index in [4.69, 9.17) is 9.47 Å². The van der Waals surface area contributed by atoms with Crippen LogP contribution in [-0.2, 0) is 32.6 Å². The van der Waals surface area contributed by atoms with Crippen molar-refractivity contribution in [3.05, 3.63) is 125 Å². The summed E-state index contributed by atoms with van der Waals surface area (Å²) in [6.45, 7) is 7.97. The Morgan fingerprint density at radius 2 is 1.48 bits per heavy atom. The zero-order valence-corrected chi connectivity index (χ0v) is 29.7. The first-order valence-corrected chi connectivity index (χ1v) is 19.6. The summed E-state index contributed by atoms with van der Waals surface area (Å²) in [4.78, 5) is 5.53. The first kappa shape index (κ1) is 35.0. The van der Waals surface area contributed by atoms with E-state index in [2.05, 4.69) is 57.8 Å². The quantitative estimate of drug-likeness (QED) is 0.171. The smallest absolute Gasteiger partial charge is 0.240 e. The van der Waals surface area contributed by atoms with Crippen LogP contribution < -0.4 is 4.72 Å². The standard InChI is InChI=1S/C41H49N3O5S/c1-30-39(28-44-25-9-11-36(44)27-43-23-7-8-24-43)48-41(49-40(30)33-17-15-31(29-45)16-18-33)34-21-19-32(20-22-34)38-14-6-5-10-35(38)26-42-50(46,47)37-12-3-2-4-13-37/h2-6,10,12-22,30,36,39-42,45H,7-9,11,23-29H2,1H3. The van der Waals surface area contributed by atoms with Gasteiger partial charge in [-0.2, -0.15) is 0 Å². The number of aliphatic hydroxyl groups is 1. The minimum absolute atomic E-state index is 0.0114. The van der Waals surface area contributed by atoms with Crippen LogP contribution in [0.1, 0.15) is 67.3 Å². The predicted octanol–water partition coefficient (Wildman–Crippen LogP) is 6.68. The Morgan fingerprint density at radius 3 is 2.22 bits per heavy atom. The minimum Gasteiger partial charge on any atom is -0.392 e. The molecule has 50 heavy (non-hydrogen) atoms. The van der Waals surface area contributed by atoms with Crippen molar-refractivity contribution < 1.29 is 23.0 Å². The van der Waals surface area contributed by atoms with Gasteiger partial charge < -0.3 is 19.5 Å². The van der Waals surface area contributed by atoms with Gasteiger partial charge in [-0.25, -0.2) is 13.1 Å². The van der Waals surface area contributed by atoms with E-state index in [0.29, 0.717) is 6.04 Å². The maximum atomic E-state index is 12.9. The lowest BCUT2D eigenvalue weighted by molar-refractivity contribution is -0.276. The second kappa shape index (κ2) is 15.9. The summed E-state index contributed by atoms with van der Waals surface area (Å²) in [6, 6.07) is 33.2. The molecule has 7 rings (SSSR count). The van der Waals surface area contributed by atoms with Gasteiger partial charge in [-0.15, -0.1) is 0 Å². The van der Waals surface area contributed by atoms with Crippen molar-refractivity contribution in [1.82, 2.24) is 14.5 Å². The van der Waals surface area contributed by atoms with Crippen LogP contribution in [0.4, 0.5) is 0 Å². The fourth-order valence-electron chi connectivity index (χ4n) is 7.80. The summed E-state index contributed by atoms with van der Waals surface area (Å²) in [6.07, 6.45) is 4.35. The summed E-state index contributed by atoms with van der Waals surface area (Å²) in [7, 11) is -3.64. The average molecular weight is 696 g/mol. The highest BCUT2D eigenvalue weighted by atomic mass is 32.2. The van der Waals surface area contributed by atoms with Crippen molar-refractivity contribution in [2.24, 2.45) is 5.92 Å². The fourth-order valence-corrected chi connectivity index (χ4v) is 8.82. The van der Waals surface area contributed by atoms with E-state index in [9.17, 15) is 13.5 Å². The number of aliphatic hydroxyl groups excluding tert-OH is 1. The van der Waals surface area contributed by atoms with Crippen LogP contribution in [0.25, 0.3) is 11.1 Å². The molecule has 0 radical (unpaired) electrons. The summed E-state index contributed by atoms with van der Waals surface area (Å²) < 4.78 is 42.3. The van der Waals surface area contributed by atoms with Gasteiger partial charge in [-0.3, -0.25) is 4.90 Å². The number of ether oxygens (including phenoxy) is 2. The van der Waals surface area contributed by atoms with Gasteiger partial charge in [0.1, 0.15) is 0 Å². The summed E-state index contributed by atoms with van der Waals surface area (Å²) >= 11 is 0. The van der Waals surface area contributed by atoms with Gasteiger partial charge >= 0.3 is 0 Å². The highest BCUT2D eigenvalue weighted by Crippen LogP contribution is 2.43. The van der Waals surface area contributed by atoms with E-state index in [-0.39, 0.29) is 36.2 Å². The number of benzene rings is 4. The number of hydrogen-bond donors (Lipinski definition) is 2. The van der Waals surface area contributed by atoms with Crippen LogP contribution in [0.5, 0.6) is 0 Å². The Hall–Kier alpha value is -3.41. The number of nitrogens with one attached hydrogen (secondary N) is 1. The van der Waals surface area contributed by atoms with Crippen LogP contribution in [0.3, 0.4) is 0 Å². The highest BCUT2D eigenvalue weighted by Gasteiger charge is 2.41. The van der Waals surface area contributed by atoms with Crippen molar-refractivity contribution in [3.63, 3.8) is 0 Å². The molecule has 4 aromatic carbocycles. The number of rotatable bonds is 12. The lowest BCUT2D eigenvalue weighted by atomic mass is 9.89. The van der Waals surface area contributed by atoms with Crippen molar-refractivity contribution in [2.75, 3.05) is 32.7 Å². The van der Waals surface area contributed by atoms with E-state index in [1.807, 2.05) is 36.4 Å². The summed E-state index contributed by atoms with van der Waals surface area (Å²) in [5.74, 6) is 0.130. The average Bonchev–Trinajstić information content (AvgIpc) is 3.84. The van der Waals surface area contributed by atoms with E-state index < -0.39 is 16.3 Å². The third-order valence-electron chi connectivity index (χ3n) is 10.7. The second-order valence-electron chi connectivity index (χ2n) is 14.0. The normalized spacial score (nSPS) is 24.9. The van der Waals surface area contributed by atoms with E-state index in [1.54, 1.807) is 30.3 Å². The van der Waals surface area contributed by atoms with Gasteiger partial charge in [0.25, 0.3) is 0 Å². The number of sulfonamides is 1. The molecule has 5 atom stereocenters. The molecular weight excluding hydrogens is 647 g/mol. The molecule has 3 fully saturated rings. The monoisotopic (exact) mass is 695 g/mol. The number of likely N-dealkylation sites (tertiary alicyclic amines) is 2. The molecular formula is C41H49N3O5S. The molecule has 0 saturated carbocycles. The SMILES string of the molecule is CC1C(CN2CCCC2CN2CCCC2)OC(c2ccc(-c3ccccc3CNS(=O)(=O)c3ccccc3)cc2)OC1c1ccc(CO)cc1. The Balaban J connectivity index is 1.10. The molecule has 2 N–H and O–H groups in total. The molecule has 3 aliphatic rings. The van der Waals surface area contributed by atoms with Crippen LogP contribution in [0.15, 0.2) is 108 Å². The molecule has 5 unspecified atom stereocenters. The molecule has 4 aromatic rings. The van der Waals surface area contributed by atoms with E-state index in [1.165, 1.54) is 38.8 Å². The van der Waals surface area contributed by atoms with Crippen LogP contribution in [0, 0.1) is 5.92 Å². The largest absolute Gasteiger partial charge is 0.392 e. The maximum Gasteiger partial charge on any atom is 0.240 e. The Kier molecular flexibility index (Phi) is 11.1. The maximum absolute atomic E-state index is 12.9. The van der Waals surface area contributed by atoms with Gasteiger partial charge in [0.05, 0.1) is 23.7 Å². The van der Waals surface area contributed by atoms with Crippen molar-refractivity contribution in [3.8, 4) is 11.1 Å². The van der Waals surface area contributed by atoms with Crippen LogP contribution in [-0.4, -0.2) is 68.2 Å². The Labute approximate surface area is 297 Å². The third kappa shape index (κ3) is 8.05. The first-order chi connectivity index (χ1) is 24.4. The van der Waals surface area contributed by atoms with Gasteiger partial charge in [-0.05, 0) is 85.3 Å². The Morgan fingerprint density at radius 1 is 0.780 bits per heavy atom. The molecule has 9 heteroatoms. The fraction of sp³-hybridized carbons (Fsp3) is 0.415. The minimum atomic E-state index is -3.64. The molecule has 8 nitrogen and oxygen atoms in total. The highest BCUT2D eigenvalue weighted by molar-refractivity contribution is 7.89. The zero-order chi connectivity index (χ0) is 34.5. The van der Waals surface area contributed by atoms with Crippen LogP contribution >= 0.6 is 0 Å². The second-order valence-corrected chi connectivity index (χ2v) is 15.8. The predicted molar refractivity (Wildman–Crippen MR) is 196 cm³/mol. The lowest BCUT2D eigenvalue weighted by Gasteiger charge is -2.43. The Bertz CT molecular complexity index is 1800. The van der Waals surface area contributed by atoms with Gasteiger partial charge in [0.15, 0.2) is 6.29 Å². The molecule has 3 heterocycles. The van der Waals surface area contributed by atoms with E-state index >= 15 is 0 Å². The number of hydrogen-bond acceptors (Lipinski definition) is 7. The van der Waals surface area contributed by atoms with Crippen molar-refractivity contribution in [2.45, 2.75) is 75.2 Å². The first-order valence-electron chi connectivity index (χ1n) is 18.1. The van der Waals surface area contributed by atoms with E-state index in [0.717, 1.165) is 53.0 Å². The topological polar surface area (TPSA) is 91.3 Å². The molecule has 0 spiro atoms. The van der Waals surface area contributed by atoms with Crippen LogP contribution in [0.2, 0.25) is 0 Å². The van der Waals surface area contributed by atoms with Crippen molar-refractivity contribution in [1.29, 1.82) is 0 Å². The third-order valence-corrected chi connectivity index (χ3v) is 12.1. The molecule has 0 aromatic heterocycles. The molecule has 0 amide bonds. The molecule has 0 aliphatic carbocycles. The van der Waals surface area contributed by atoms with Gasteiger partial charge in [0.2, 0.25) is 10.0 Å². The van der Waals surface area contributed by atoms with Gasteiger partial charge in [-0.1, -0.05) is 97.9 Å². The molecule has 0 bridgehead atoms. The zero-order valence-electron chi connectivity index (χ0n) is 28.9.